The van der Waals surface area contributed by atoms with E-state index in [1.165, 1.54) is 0 Å². The molecule has 0 saturated carbocycles. The summed E-state index contributed by atoms with van der Waals surface area (Å²) in [5, 5.41) is 4.02. The van der Waals surface area contributed by atoms with Crippen molar-refractivity contribution in [1.29, 1.82) is 0 Å². The van der Waals surface area contributed by atoms with E-state index in [1.807, 2.05) is 0 Å². The van der Waals surface area contributed by atoms with Crippen LogP contribution in [0.15, 0.2) is 0 Å². The van der Waals surface area contributed by atoms with Crippen LogP contribution in [0.3, 0.4) is 0 Å². The molecule has 0 amide bonds. The van der Waals surface area contributed by atoms with Crippen molar-refractivity contribution in [3.05, 3.63) is 0 Å². The van der Waals surface area contributed by atoms with Crippen LogP contribution >= 0.6 is 12.2 Å². The summed E-state index contributed by atoms with van der Waals surface area (Å²) in [6.45, 7) is 7.36. The minimum Gasteiger partial charge on any atom is -0.363 e. The molecule has 0 aliphatic carbocycles. The molecule has 0 aromatic carbocycles. The van der Waals surface area contributed by atoms with Gasteiger partial charge in [-0.25, -0.2) is 0 Å². The Balaban J connectivity index is 3.96. The second-order valence-corrected chi connectivity index (χ2v) is 3.30. The van der Waals surface area contributed by atoms with E-state index in [0.29, 0.717) is 6.04 Å². The molecule has 2 nitrogen and oxygen atoms in total. The first-order valence-electron chi connectivity index (χ1n) is 4.67. The van der Waals surface area contributed by atoms with E-state index in [4.69, 9.17) is 12.2 Å². The molecule has 0 fully saturated rings. The van der Waals surface area contributed by atoms with Crippen LogP contribution in [-0.2, 0) is 0 Å². The molecule has 0 unspecified atom stereocenters. The Bertz CT molecular complexity index is 132. The third kappa shape index (κ3) is 3.39. The fourth-order valence-electron chi connectivity index (χ4n) is 1.28. The van der Waals surface area contributed by atoms with Gasteiger partial charge in [-0.05, 0) is 32.0 Å². The van der Waals surface area contributed by atoms with Crippen molar-refractivity contribution >= 4 is 17.3 Å². The molecular weight excluding hydrogens is 168 g/mol. The van der Waals surface area contributed by atoms with E-state index < -0.39 is 0 Å². The van der Waals surface area contributed by atoms with Gasteiger partial charge in [-0.1, -0.05) is 13.8 Å². The van der Waals surface area contributed by atoms with E-state index >= 15 is 0 Å². The number of hydrogen-bond donors (Lipinski definition) is 1. The summed E-state index contributed by atoms with van der Waals surface area (Å²) < 4.78 is 0. The summed E-state index contributed by atoms with van der Waals surface area (Å²) in [6.07, 6.45) is 2.30. The van der Waals surface area contributed by atoms with E-state index in [1.54, 1.807) is 0 Å². The van der Waals surface area contributed by atoms with Gasteiger partial charge in [-0.2, -0.15) is 0 Å². The SMILES string of the molecule is CCNC(=S)N(C)C(CC)CC. The summed E-state index contributed by atoms with van der Waals surface area (Å²) in [6, 6.07) is 0.580. The zero-order valence-corrected chi connectivity index (χ0v) is 9.37. The van der Waals surface area contributed by atoms with Crippen molar-refractivity contribution in [3.8, 4) is 0 Å². The highest BCUT2D eigenvalue weighted by molar-refractivity contribution is 7.80. The van der Waals surface area contributed by atoms with Crippen molar-refractivity contribution in [2.24, 2.45) is 0 Å². The van der Waals surface area contributed by atoms with E-state index in [0.717, 1.165) is 24.5 Å². The molecule has 0 rings (SSSR count). The Kier molecular flexibility index (Phi) is 6.07. The first-order chi connectivity index (χ1) is 5.67. The highest BCUT2D eigenvalue weighted by Crippen LogP contribution is 2.05. The Morgan fingerprint density at radius 3 is 2.17 bits per heavy atom. The molecule has 72 valence electrons. The predicted octanol–water partition coefficient (Wildman–Crippen LogP) is 2.00. The lowest BCUT2D eigenvalue weighted by Crippen LogP contribution is -2.42. The molecule has 0 aromatic rings. The topological polar surface area (TPSA) is 15.3 Å². The minimum absolute atomic E-state index is 0.580. The number of hydrogen-bond acceptors (Lipinski definition) is 1. The highest BCUT2D eigenvalue weighted by Gasteiger charge is 2.11. The molecule has 0 aliphatic rings. The molecule has 0 heterocycles. The average molecular weight is 188 g/mol. The smallest absolute Gasteiger partial charge is 0.168 e. The van der Waals surface area contributed by atoms with Gasteiger partial charge < -0.3 is 10.2 Å². The zero-order chi connectivity index (χ0) is 9.56. The van der Waals surface area contributed by atoms with Gasteiger partial charge in [0.05, 0.1) is 0 Å². The van der Waals surface area contributed by atoms with Gasteiger partial charge in [0.1, 0.15) is 0 Å². The quantitative estimate of drug-likeness (QED) is 0.679. The second-order valence-electron chi connectivity index (χ2n) is 2.92. The number of rotatable bonds is 4. The van der Waals surface area contributed by atoms with Crippen LogP contribution in [0.4, 0.5) is 0 Å². The molecule has 0 bridgehead atoms. The van der Waals surface area contributed by atoms with Crippen LogP contribution in [0.1, 0.15) is 33.6 Å². The van der Waals surface area contributed by atoms with Crippen LogP contribution in [0.2, 0.25) is 0 Å². The van der Waals surface area contributed by atoms with E-state index in [-0.39, 0.29) is 0 Å². The van der Waals surface area contributed by atoms with Crippen LogP contribution < -0.4 is 5.32 Å². The standard InChI is InChI=1S/C9H20N2S/c1-5-8(6-2)11(4)9(12)10-7-3/h8H,5-7H2,1-4H3,(H,10,12). The lowest BCUT2D eigenvalue weighted by molar-refractivity contribution is 0.342. The van der Waals surface area contributed by atoms with Crippen molar-refractivity contribution < 1.29 is 0 Å². The Labute approximate surface area is 81.3 Å². The number of thiocarbonyl (C=S) groups is 1. The van der Waals surface area contributed by atoms with Crippen molar-refractivity contribution in [2.45, 2.75) is 39.7 Å². The summed E-state index contributed by atoms with van der Waals surface area (Å²) in [5.41, 5.74) is 0. The minimum atomic E-state index is 0.580. The summed E-state index contributed by atoms with van der Waals surface area (Å²) in [5.74, 6) is 0. The van der Waals surface area contributed by atoms with Crippen LogP contribution in [-0.4, -0.2) is 29.6 Å². The predicted molar refractivity (Wildman–Crippen MR) is 58.4 cm³/mol. The van der Waals surface area contributed by atoms with Gasteiger partial charge in [0, 0.05) is 19.6 Å². The van der Waals surface area contributed by atoms with E-state index in [9.17, 15) is 0 Å². The maximum Gasteiger partial charge on any atom is 0.168 e. The van der Waals surface area contributed by atoms with Gasteiger partial charge in [0.2, 0.25) is 0 Å². The van der Waals surface area contributed by atoms with Gasteiger partial charge in [0.25, 0.3) is 0 Å². The fraction of sp³-hybridized carbons (Fsp3) is 0.889. The van der Waals surface area contributed by atoms with Crippen molar-refractivity contribution in [2.75, 3.05) is 13.6 Å². The summed E-state index contributed by atoms with van der Waals surface area (Å²) in [4.78, 5) is 2.15. The Morgan fingerprint density at radius 2 is 1.83 bits per heavy atom. The average Bonchev–Trinajstić information content (AvgIpc) is 2.07. The lowest BCUT2D eigenvalue weighted by Gasteiger charge is -2.28. The van der Waals surface area contributed by atoms with Crippen LogP contribution in [0, 0.1) is 0 Å². The van der Waals surface area contributed by atoms with Crippen molar-refractivity contribution in [1.82, 2.24) is 10.2 Å². The molecule has 1 N–H and O–H groups in total. The molecule has 0 aliphatic heterocycles. The molecule has 3 heteroatoms. The lowest BCUT2D eigenvalue weighted by atomic mass is 10.1. The largest absolute Gasteiger partial charge is 0.363 e. The third-order valence-corrected chi connectivity index (χ3v) is 2.57. The van der Waals surface area contributed by atoms with E-state index in [2.05, 4.69) is 38.0 Å². The first-order valence-corrected chi connectivity index (χ1v) is 5.08. The normalized spacial score (nSPS) is 10.1. The highest BCUT2D eigenvalue weighted by atomic mass is 32.1. The fourth-order valence-corrected chi connectivity index (χ4v) is 1.57. The molecule has 0 atom stereocenters. The number of nitrogens with one attached hydrogen (secondary N) is 1. The van der Waals surface area contributed by atoms with Gasteiger partial charge >= 0.3 is 0 Å². The summed E-state index contributed by atoms with van der Waals surface area (Å²) in [7, 11) is 2.06. The number of nitrogens with zero attached hydrogens (tertiary/aromatic N) is 1. The zero-order valence-electron chi connectivity index (χ0n) is 8.55. The molecular formula is C9H20N2S. The molecule has 0 spiro atoms. The molecule has 0 radical (unpaired) electrons. The molecule has 12 heavy (non-hydrogen) atoms. The first kappa shape index (κ1) is 11.7. The Morgan fingerprint density at radius 1 is 1.33 bits per heavy atom. The summed E-state index contributed by atoms with van der Waals surface area (Å²) >= 11 is 5.20. The molecule has 0 saturated heterocycles. The second kappa shape index (κ2) is 6.23. The van der Waals surface area contributed by atoms with Crippen LogP contribution in [0.25, 0.3) is 0 Å². The van der Waals surface area contributed by atoms with Crippen molar-refractivity contribution in [3.63, 3.8) is 0 Å². The van der Waals surface area contributed by atoms with Crippen LogP contribution in [0.5, 0.6) is 0 Å². The van der Waals surface area contributed by atoms with Gasteiger partial charge in [-0.3, -0.25) is 0 Å². The third-order valence-electron chi connectivity index (χ3n) is 2.14. The maximum absolute atomic E-state index is 5.20. The maximum atomic E-state index is 5.20. The monoisotopic (exact) mass is 188 g/mol. The van der Waals surface area contributed by atoms with Gasteiger partial charge in [0.15, 0.2) is 5.11 Å². The molecule has 0 aromatic heterocycles. The van der Waals surface area contributed by atoms with Gasteiger partial charge in [-0.15, -0.1) is 0 Å². The Hall–Kier alpha value is -0.310.